The largest absolute Gasteiger partial charge is 0.366 e. The zero-order chi connectivity index (χ0) is 24.4. The molecule has 5 heterocycles. The van der Waals surface area contributed by atoms with Gasteiger partial charge in [0.2, 0.25) is 0 Å². The Labute approximate surface area is 207 Å². The van der Waals surface area contributed by atoms with Crippen molar-refractivity contribution in [2.45, 2.75) is 45.6 Å². The number of rotatable bonds is 5. The SMILES string of the molecule is CCNC(=O)N1CCN(c2ccnn3cc(-c4ccc([C@H]5CCCN(C(C)C)C5)cn4)cc23)CC1. The summed E-state index contributed by atoms with van der Waals surface area (Å²) in [6, 6.07) is 9.29. The molecule has 5 rings (SSSR count). The molecule has 2 aliphatic heterocycles. The van der Waals surface area contributed by atoms with Crippen molar-refractivity contribution < 1.29 is 4.79 Å². The summed E-state index contributed by atoms with van der Waals surface area (Å²) in [5, 5.41) is 7.45. The van der Waals surface area contributed by atoms with E-state index in [9.17, 15) is 4.79 Å². The van der Waals surface area contributed by atoms with Gasteiger partial charge in [-0.15, -0.1) is 0 Å². The maximum Gasteiger partial charge on any atom is 0.317 e. The van der Waals surface area contributed by atoms with Gasteiger partial charge in [0.15, 0.2) is 0 Å². The molecule has 8 heteroatoms. The van der Waals surface area contributed by atoms with E-state index in [0.29, 0.717) is 31.6 Å². The molecule has 0 saturated carbocycles. The van der Waals surface area contributed by atoms with Crippen molar-refractivity contribution in [1.82, 2.24) is 29.7 Å². The average Bonchev–Trinajstić information content (AvgIpc) is 3.34. The number of piperidine rings is 1. The monoisotopic (exact) mass is 475 g/mol. The molecule has 2 fully saturated rings. The van der Waals surface area contributed by atoms with Crippen LogP contribution in [0.1, 0.15) is 45.1 Å². The maximum atomic E-state index is 12.2. The second kappa shape index (κ2) is 10.2. The van der Waals surface area contributed by atoms with Crippen molar-refractivity contribution in [2.24, 2.45) is 0 Å². The van der Waals surface area contributed by atoms with E-state index in [1.165, 1.54) is 24.9 Å². The second-order valence-corrected chi connectivity index (χ2v) is 9.99. The van der Waals surface area contributed by atoms with Crippen LogP contribution in [0.2, 0.25) is 0 Å². The summed E-state index contributed by atoms with van der Waals surface area (Å²) in [7, 11) is 0. The van der Waals surface area contributed by atoms with E-state index in [-0.39, 0.29) is 6.03 Å². The number of carbonyl (C=O) groups excluding carboxylic acids is 1. The normalized spacial score (nSPS) is 19.5. The molecule has 0 radical (unpaired) electrons. The fourth-order valence-corrected chi connectivity index (χ4v) is 5.39. The molecular formula is C27H37N7O. The Morgan fingerprint density at radius 1 is 1.14 bits per heavy atom. The van der Waals surface area contributed by atoms with Crippen LogP contribution >= 0.6 is 0 Å². The molecule has 3 aromatic heterocycles. The molecule has 0 aliphatic carbocycles. The number of pyridine rings is 1. The zero-order valence-electron chi connectivity index (χ0n) is 21.2. The number of aromatic nitrogens is 3. The second-order valence-electron chi connectivity index (χ2n) is 9.99. The van der Waals surface area contributed by atoms with Crippen LogP contribution < -0.4 is 10.2 Å². The van der Waals surface area contributed by atoms with Gasteiger partial charge in [0.1, 0.15) is 0 Å². The predicted octanol–water partition coefficient (Wildman–Crippen LogP) is 3.84. The van der Waals surface area contributed by atoms with Crippen molar-refractivity contribution in [1.29, 1.82) is 0 Å². The molecule has 0 aromatic carbocycles. The van der Waals surface area contributed by atoms with Gasteiger partial charge in [-0.1, -0.05) is 6.07 Å². The Bertz CT molecular complexity index is 1150. The molecule has 2 aliphatic rings. The Kier molecular flexibility index (Phi) is 6.90. The lowest BCUT2D eigenvalue weighted by atomic mass is 9.91. The summed E-state index contributed by atoms with van der Waals surface area (Å²) in [6.45, 7) is 12.5. The zero-order valence-corrected chi connectivity index (χ0v) is 21.2. The van der Waals surface area contributed by atoms with E-state index in [0.717, 1.165) is 42.1 Å². The van der Waals surface area contributed by atoms with Gasteiger partial charge in [-0.2, -0.15) is 5.10 Å². The minimum atomic E-state index is 0.0247. The molecule has 2 amide bonds. The van der Waals surface area contributed by atoms with Gasteiger partial charge >= 0.3 is 6.03 Å². The Balaban J connectivity index is 1.32. The minimum absolute atomic E-state index is 0.0247. The van der Waals surface area contributed by atoms with Crippen molar-refractivity contribution in [3.05, 3.63) is 48.4 Å². The molecule has 1 atom stereocenters. The number of fused-ring (bicyclic) bond motifs is 1. The Morgan fingerprint density at radius 2 is 1.97 bits per heavy atom. The Hall–Kier alpha value is -3.13. The highest BCUT2D eigenvalue weighted by atomic mass is 16.2. The average molecular weight is 476 g/mol. The lowest BCUT2D eigenvalue weighted by Gasteiger charge is -2.36. The van der Waals surface area contributed by atoms with Gasteiger partial charge in [0, 0.05) is 69.5 Å². The van der Waals surface area contributed by atoms with Crippen molar-refractivity contribution >= 4 is 17.2 Å². The number of likely N-dealkylation sites (tertiary alicyclic amines) is 1. The summed E-state index contributed by atoms with van der Waals surface area (Å²) in [4.78, 5) is 23.8. The van der Waals surface area contributed by atoms with Gasteiger partial charge in [0.05, 0.1) is 16.9 Å². The van der Waals surface area contributed by atoms with E-state index in [2.05, 4.69) is 70.7 Å². The van der Waals surface area contributed by atoms with Crippen LogP contribution in [0, 0.1) is 0 Å². The number of nitrogens with one attached hydrogen (secondary N) is 1. The molecule has 8 nitrogen and oxygen atoms in total. The van der Waals surface area contributed by atoms with E-state index < -0.39 is 0 Å². The van der Waals surface area contributed by atoms with Crippen LogP contribution in [0.5, 0.6) is 0 Å². The Morgan fingerprint density at radius 3 is 2.69 bits per heavy atom. The highest BCUT2D eigenvalue weighted by Gasteiger charge is 2.24. The smallest absolute Gasteiger partial charge is 0.317 e. The summed E-state index contributed by atoms with van der Waals surface area (Å²) >= 11 is 0. The number of hydrogen-bond acceptors (Lipinski definition) is 5. The summed E-state index contributed by atoms with van der Waals surface area (Å²) in [6.07, 6.45) is 8.47. The van der Waals surface area contributed by atoms with Crippen molar-refractivity contribution in [2.75, 3.05) is 50.7 Å². The summed E-state index contributed by atoms with van der Waals surface area (Å²) < 4.78 is 1.94. The van der Waals surface area contributed by atoms with Crippen LogP contribution in [0.3, 0.4) is 0 Å². The van der Waals surface area contributed by atoms with Gasteiger partial charge in [-0.3, -0.25) is 4.98 Å². The topological polar surface area (TPSA) is 69.0 Å². The standard InChI is InChI=1S/C27H37N7O/c1-4-28-27(35)32-14-12-31(13-15-32)25-9-10-30-34-19-23(16-26(25)34)24-8-7-21(17-29-24)22-6-5-11-33(18-22)20(2)3/h7-10,16-17,19-20,22H,4-6,11-15,18H2,1-3H3,(H,28,35)/t22-/m0/s1. The van der Waals surface area contributed by atoms with Crippen molar-refractivity contribution in [3.63, 3.8) is 0 Å². The fraction of sp³-hybridized carbons (Fsp3) is 0.519. The molecule has 0 bridgehead atoms. The molecule has 35 heavy (non-hydrogen) atoms. The van der Waals surface area contributed by atoms with E-state index in [1.807, 2.05) is 22.5 Å². The maximum absolute atomic E-state index is 12.2. The van der Waals surface area contributed by atoms with E-state index in [4.69, 9.17) is 4.98 Å². The van der Waals surface area contributed by atoms with E-state index in [1.54, 1.807) is 0 Å². The number of nitrogens with zero attached hydrogens (tertiary/aromatic N) is 6. The number of anilines is 1. The number of piperazine rings is 1. The predicted molar refractivity (Wildman–Crippen MR) is 140 cm³/mol. The first-order valence-corrected chi connectivity index (χ1v) is 13.0. The lowest BCUT2D eigenvalue weighted by molar-refractivity contribution is 0.167. The third-order valence-corrected chi connectivity index (χ3v) is 7.46. The van der Waals surface area contributed by atoms with Crippen LogP contribution in [0.4, 0.5) is 10.5 Å². The summed E-state index contributed by atoms with van der Waals surface area (Å²) in [5.41, 5.74) is 5.61. The fourth-order valence-electron chi connectivity index (χ4n) is 5.39. The summed E-state index contributed by atoms with van der Waals surface area (Å²) in [5.74, 6) is 0.562. The number of hydrogen-bond donors (Lipinski definition) is 1. The highest BCUT2D eigenvalue weighted by Crippen LogP contribution is 2.31. The molecule has 1 N–H and O–H groups in total. The van der Waals surface area contributed by atoms with Crippen LogP contribution in [0.25, 0.3) is 16.8 Å². The van der Waals surface area contributed by atoms with E-state index >= 15 is 0 Å². The molecule has 0 spiro atoms. The third-order valence-electron chi connectivity index (χ3n) is 7.46. The number of carbonyl (C=O) groups is 1. The van der Waals surface area contributed by atoms with Gasteiger partial charge < -0.3 is 20.0 Å². The van der Waals surface area contributed by atoms with Gasteiger partial charge in [0.25, 0.3) is 0 Å². The van der Waals surface area contributed by atoms with Crippen LogP contribution in [-0.2, 0) is 0 Å². The number of amides is 2. The minimum Gasteiger partial charge on any atom is -0.366 e. The molecule has 3 aromatic rings. The van der Waals surface area contributed by atoms with Crippen LogP contribution in [0.15, 0.2) is 42.9 Å². The van der Waals surface area contributed by atoms with Gasteiger partial charge in [-0.05, 0) is 69.8 Å². The quantitative estimate of drug-likeness (QED) is 0.607. The van der Waals surface area contributed by atoms with Crippen LogP contribution in [-0.4, -0.2) is 82.3 Å². The molecule has 186 valence electrons. The first-order chi connectivity index (χ1) is 17.0. The number of urea groups is 1. The molecule has 0 unspecified atom stereocenters. The molecular weight excluding hydrogens is 438 g/mol. The van der Waals surface area contributed by atoms with Gasteiger partial charge in [-0.25, -0.2) is 9.31 Å². The van der Waals surface area contributed by atoms with Crippen molar-refractivity contribution in [3.8, 4) is 11.3 Å². The first-order valence-electron chi connectivity index (χ1n) is 13.0. The first kappa shape index (κ1) is 23.6. The third kappa shape index (κ3) is 4.98. The lowest BCUT2D eigenvalue weighted by Crippen LogP contribution is -2.51. The molecule has 2 saturated heterocycles. The highest BCUT2D eigenvalue weighted by molar-refractivity contribution is 5.79.